The standard InChI is InChI=1S/C51H32/c1-2-16-33(17-3-1)35-18-4-5-22-40(35)50-43-25-8-6-23-41(43)49(42-24-7-9-26-44(42)50)34-30-31-39-38-21-12-15-29-47(38)51(48(39)32-34)45-27-13-10-19-36(45)37-20-11-14-28-46(37)51/h1-32H. The second-order valence-electron chi connectivity index (χ2n) is 13.9. The van der Waals surface area contributed by atoms with Gasteiger partial charge < -0.3 is 0 Å². The minimum Gasteiger partial charge on any atom is -0.0622 e. The highest BCUT2D eigenvalue weighted by atomic mass is 14.5. The fourth-order valence-electron chi connectivity index (χ4n) is 9.55. The highest BCUT2D eigenvalue weighted by Gasteiger charge is 2.51. The first kappa shape index (κ1) is 28.3. The predicted octanol–water partition coefficient (Wildman–Crippen LogP) is 13.3. The van der Waals surface area contributed by atoms with Crippen molar-refractivity contribution < 1.29 is 0 Å². The van der Waals surface area contributed by atoms with Crippen molar-refractivity contribution in [2.45, 2.75) is 5.41 Å². The van der Waals surface area contributed by atoms with Gasteiger partial charge in [0.2, 0.25) is 0 Å². The van der Waals surface area contributed by atoms with E-state index >= 15 is 0 Å². The molecular weight excluding hydrogens is 613 g/mol. The van der Waals surface area contributed by atoms with Crippen LogP contribution in [0, 0.1) is 0 Å². The molecule has 0 radical (unpaired) electrons. The SMILES string of the molecule is c1ccc(-c2ccccc2-c2c3ccccc3c(-c3ccc4c(c3)C3(c5ccccc5-c5ccccc53)c3ccccc3-4)c3ccccc23)cc1. The Labute approximate surface area is 297 Å². The molecule has 0 atom stereocenters. The topological polar surface area (TPSA) is 0 Å². The maximum absolute atomic E-state index is 2.53. The summed E-state index contributed by atoms with van der Waals surface area (Å²) in [5, 5.41) is 5.07. The quantitative estimate of drug-likeness (QED) is 0.168. The largest absolute Gasteiger partial charge is 0.0725 e. The summed E-state index contributed by atoms with van der Waals surface area (Å²) in [6, 6.07) is 72.2. The summed E-state index contributed by atoms with van der Waals surface area (Å²) in [4.78, 5) is 0. The number of fused-ring (bicyclic) bond motifs is 12. The molecule has 11 rings (SSSR count). The Kier molecular flexibility index (Phi) is 5.97. The molecule has 9 aromatic rings. The van der Waals surface area contributed by atoms with E-state index in [4.69, 9.17) is 0 Å². The molecular formula is C51H32. The van der Waals surface area contributed by atoms with Crippen LogP contribution in [0.4, 0.5) is 0 Å². The molecule has 0 aliphatic heterocycles. The van der Waals surface area contributed by atoms with Crippen molar-refractivity contribution in [1.29, 1.82) is 0 Å². The van der Waals surface area contributed by atoms with Gasteiger partial charge in [0.05, 0.1) is 5.41 Å². The number of benzene rings is 9. The number of rotatable bonds is 3. The lowest BCUT2D eigenvalue weighted by Crippen LogP contribution is -2.25. The van der Waals surface area contributed by atoms with E-state index in [1.165, 1.54) is 99.4 Å². The molecule has 51 heavy (non-hydrogen) atoms. The van der Waals surface area contributed by atoms with Gasteiger partial charge in [-0.05, 0) is 105 Å². The van der Waals surface area contributed by atoms with Gasteiger partial charge in [-0.1, -0.05) is 188 Å². The van der Waals surface area contributed by atoms with E-state index in [1.54, 1.807) is 0 Å². The molecule has 2 aliphatic rings. The Balaban J connectivity index is 1.23. The second-order valence-corrected chi connectivity index (χ2v) is 13.9. The fraction of sp³-hybridized carbons (Fsp3) is 0.0196. The fourth-order valence-corrected chi connectivity index (χ4v) is 9.55. The molecule has 0 saturated heterocycles. The Morgan fingerprint density at radius 1 is 0.235 bits per heavy atom. The van der Waals surface area contributed by atoms with Gasteiger partial charge >= 0.3 is 0 Å². The van der Waals surface area contributed by atoms with Gasteiger partial charge in [0, 0.05) is 0 Å². The highest BCUT2D eigenvalue weighted by Crippen LogP contribution is 2.63. The van der Waals surface area contributed by atoms with Crippen molar-refractivity contribution in [3.63, 3.8) is 0 Å². The van der Waals surface area contributed by atoms with E-state index in [1.807, 2.05) is 0 Å². The van der Waals surface area contributed by atoms with Crippen molar-refractivity contribution in [3.8, 4) is 55.6 Å². The maximum atomic E-state index is 2.53. The average Bonchev–Trinajstić information content (AvgIpc) is 3.67. The summed E-state index contributed by atoms with van der Waals surface area (Å²) in [5.41, 5.74) is 18.0. The normalized spacial score (nSPS) is 13.3. The number of hydrogen-bond acceptors (Lipinski definition) is 0. The van der Waals surface area contributed by atoms with Crippen LogP contribution < -0.4 is 0 Å². The Morgan fingerprint density at radius 3 is 1.16 bits per heavy atom. The van der Waals surface area contributed by atoms with Crippen LogP contribution in [-0.2, 0) is 5.41 Å². The van der Waals surface area contributed by atoms with Gasteiger partial charge in [0.1, 0.15) is 0 Å². The molecule has 9 aromatic carbocycles. The minimum absolute atomic E-state index is 0.380. The Morgan fingerprint density at radius 2 is 0.627 bits per heavy atom. The summed E-state index contributed by atoms with van der Waals surface area (Å²) < 4.78 is 0. The van der Waals surface area contributed by atoms with Gasteiger partial charge in [-0.2, -0.15) is 0 Å². The Bertz CT molecular complexity index is 2730. The molecule has 2 aliphatic carbocycles. The first-order valence-electron chi connectivity index (χ1n) is 17.9. The molecule has 0 unspecified atom stereocenters. The van der Waals surface area contributed by atoms with Crippen LogP contribution >= 0.6 is 0 Å². The lowest BCUT2D eigenvalue weighted by molar-refractivity contribution is 0.794. The Hall–Kier alpha value is -6.50. The molecule has 0 saturated carbocycles. The van der Waals surface area contributed by atoms with E-state index in [0.29, 0.717) is 0 Å². The summed E-state index contributed by atoms with van der Waals surface area (Å²) in [6.07, 6.45) is 0. The summed E-state index contributed by atoms with van der Waals surface area (Å²) in [5.74, 6) is 0. The molecule has 0 heteroatoms. The monoisotopic (exact) mass is 644 g/mol. The van der Waals surface area contributed by atoms with E-state index in [2.05, 4.69) is 194 Å². The maximum Gasteiger partial charge on any atom is 0.0725 e. The zero-order valence-electron chi connectivity index (χ0n) is 28.0. The van der Waals surface area contributed by atoms with Crippen molar-refractivity contribution in [2.75, 3.05) is 0 Å². The third kappa shape index (κ3) is 3.80. The van der Waals surface area contributed by atoms with Crippen molar-refractivity contribution in [3.05, 3.63) is 216 Å². The summed E-state index contributed by atoms with van der Waals surface area (Å²) >= 11 is 0. The summed E-state index contributed by atoms with van der Waals surface area (Å²) in [7, 11) is 0. The second kappa shape index (κ2) is 10.7. The average molecular weight is 645 g/mol. The van der Waals surface area contributed by atoms with Crippen molar-refractivity contribution >= 4 is 21.5 Å². The summed E-state index contributed by atoms with van der Waals surface area (Å²) in [6.45, 7) is 0. The van der Waals surface area contributed by atoms with Gasteiger partial charge in [0.15, 0.2) is 0 Å². The minimum atomic E-state index is -0.380. The van der Waals surface area contributed by atoms with Crippen molar-refractivity contribution in [1.82, 2.24) is 0 Å². The van der Waals surface area contributed by atoms with Gasteiger partial charge in [-0.3, -0.25) is 0 Å². The zero-order valence-corrected chi connectivity index (χ0v) is 28.0. The lowest BCUT2D eigenvalue weighted by atomic mass is 9.70. The predicted molar refractivity (Wildman–Crippen MR) is 214 cm³/mol. The van der Waals surface area contributed by atoms with Crippen molar-refractivity contribution in [2.24, 2.45) is 0 Å². The van der Waals surface area contributed by atoms with Crippen LogP contribution in [0.1, 0.15) is 22.3 Å². The highest BCUT2D eigenvalue weighted by molar-refractivity contribution is 6.22. The van der Waals surface area contributed by atoms with Crippen LogP contribution in [0.15, 0.2) is 194 Å². The van der Waals surface area contributed by atoms with E-state index in [-0.39, 0.29) is 5.41 Å². The number of hydrogen-bond donors (Lipinski definition) is 0. The van der Waals surface area contributed by atoms with E-state index in [0.717, 1.165) is 0 Å². The molecule has 236 valence electrons. The first-order chi connectivity index (χ1) is 25.3. The van der Waals surface area contributed by atoms with Crippen LogP contribution in [0.25, 0.3) is 77.2 Å². The molecule has 0 heterocycles. The van der Waals surface area contributed by atoms with Crippen LogP contribution in [0.3, 0.4) is 0 Å². The third-order valence-electron chi connectivity index (χ3n) is 11.5. The molecule has 0 N–H and O–H groups in total. The first-order valence-corrected chi connectivity index (χ1v) is 17.9. The smallest absolute Gasteiger partial charge is 0.0622 e. The molecule has 0 bridgehead atoms. The van der Waals surface area contributed by atoms with E-state index < -0.39 is 0 Å². The van der Waals surface area contributed by atoms with Gasteiger partial charge in [0.25, 0.3) is 0 Å². The molecule has 0 aromatic heterocycles. The lowest BCUT2D eigenvalue weighted by Gasteiger charge is -2.31. The molecule has 0 nitrogen and oxygen atoms in total. The van der Waals surface area contributed by atoms with Crippen LogP contribution in [-0.4, -0.2) is 0 Å². The van der Waals surface area contributed by atoms with E-state index in [9.17, 15) is 0 Å². The molecule has 0 amide bonds. The molecule has 1 spiro atoms. The third-order valence-corrected chi connectivity index (χ3v) is 11.5. The van der Waals surface area contributed by atoms with Crippen LogP contribution in [0.2, 0.25) is 0 Å². The zero-order chi connectivity index (χ0) is 33.5. The van der Waals surface area contributed by atoms with Crippen LogP contribution in [0.5, 0.6) is 0 Å². The molecule has 0 fully saturated rings. The van der Waals surface area contributed by atoms with Gasteiger partial charge in [-0.15, -0.1) is 0 Å². The van der Waals surface area contributed by atoms with Gasteiger partial charge in [-0.25, -0.2) is 0 Å².